The van der Waals surface area contributed by atoms with Gasteiger partial charge in [0.15, 0.2) is 0 Å². The van der Waals surface area contributed by atoms with Crippen LogP contribution in [0, 0.1) is 0 Å². The number of rotatable bonds is 2. The first kappa shape index (κ1) is 11.9. The van der Waals surface area contributed by atoms with Crippen LogP contribution in [0.25, 0.3) is 11.3 Å². The molecule has 0 unspecified atom stereocenters. The maximum atomic E-state index is 12.2. The topological polar surface area (TPSA) is 22.4 Å². The van der Waals surface area contributed by atoms with Crippen LogP contribution >= 0.6 is 11.6 Å². The maximum Gasteiger partial charge on any atom is 0.573 e. The average Bonchev–Trinajstić information content (AvgIpc) is 2.71. The van der Waals surface area contributed by atoms with Crippen molar-refractivity contribution in [2.75, 3.05) is 0 Å². The van der Waals surface area contributed by atoms with Gasteiger partial charge in [0.2, 0.25) is 0 Å². The van der Waals surface area contributed by atoms with E-state index in [-0.39, 0.29) is 17.1 Å². The molecule has 17 heavy (non-hydrogen) atoms. The summed E-state index contributed by atoms with van der Waals surface area (Å²) in [6, 6.07) is 6.90. The molecule has 0 bridgehead atoms. The van der Waals surface area contributed by atoms with E-state index in [9.17, 15) is 13.2 Å². The lowest BCUT2D eigenvalue weighted by Crippen LogP contribution is -2.17. The molecule has 0 atom stereocenters. The van der Waals surface area contributed by atoms with E-state index in [1.165, 1.54) is 24.5 Å². The predicted molar refractivity (Wildman–Crippen MR) is 55.8 cm³/mol. The molecule has 0 fully saturated rings. The Hall–Kier alpha value is -1.62. The third-order valence-corrected chi connectivity index (χ3v) is 2.19. The monoisotopic (exact) mass is 262 g/mol. The van der Waals surface area contributed by atoms with Gasteiger partial charge in [-0.3, -0.25) is 0 Å². The number of halogens is 4. The van der Waals surface area contributed by atoms with Gasteiger partial charge in [-0.1, -0.05) is 11.6 Å². The van der Waals surface area contributed by atoms with E-state index in [1.54, 1.807) is 6.07 Å². The van der Waals surface area contributed by atoms with Crippen molar-refractivity contribution in [2.24, 2.45) is 0 Å². The van der Waals surface area contributed by atoms with Crippen LogP contribution < -0.4 is 4.74 Å². The van der Waals surface area contributed by atoms with Gasteiger partial charge < -0.3 is 9.15 Å². The van der Waals surface area contributed by atoms with Gasteiger partial charge in [-0.05, 0) is 30.3 Å². The second-order valence-electron chi connectivity index (χ2n) is 3.17. The van der Waals surface area contributed by atoms with E-state index < -0.39 is 6.36 Å². The normalized spacial score (nSPS) is 11.5. The molecule has 0 N–H and O–H groups in total. The molecule has 0 aliphatic carbocycles. The molecule has 0 saturated heterocycles. The third-order valence-electron chi connectivity index (χ3n) is 1.95. The van der Waals surface area contributed by atoms with Gasteiger partial charge in [-0.15, -0.1) is 13.2 Å². The largest absolute Gasteiger partial charge is 0.573 e. The van der Waals surface area contributed by atoms with E-state index in [4.69, 9.17) is 16.0 Å². The van der Waals surface area contributed by atoms with Crippen molar-refractivity contribution in [3.63, 3.8) is 0 Å². The van der Waals surface area contributed by atoms with Crippen LogP contribution in [0.15, 0.2) is 41.0 Å². The fourth-order valence-electron chi connectivity index (χ4n) is 1.34. The number of ether oxygens (including phenoxy) is 1. The fourth-order valence-corrected chi connectivity index (χ4v) is 1.51. The summed E-state index contributed by atoms with van der Waals surface area (Å²) in [4.78, 5) is 0. The highest BCUT2D eigenvalue weighted by atomic mass is 35.5. The van der Waals surface area contributed by atoms with Gasteiger partial charge in [0, 0.05) is 5.02 Å². The Morgan fingerprint density at radius 3 is 2.53 bits per heavy atom. The SMILES string of the molecule is FC(F)(F)Oc1ccc(Cl)cc1-c1ccco1. The Bertz CT molecular complexity index is 506. The molecule has 0 radical (unpaired) electrons. The highest BCUT2D eigenvalue weighted by Crippen LogP contribution is 2.35. The Kier molecular flexibility index (Phi) is 3.02. The lowest BCUT2D eigenvalue weighted by Gasteiger charge is -2.12. The molecule has 1 aromatic heterocycles. The van der Waals surface area contributed by atoms with E-state index in [0.717, 1.165) is 6.07 Å². The lowest BCUT2D eigenvalue weighted by atomic mass is 10.1. The number of benzene rings is 1. The molecule has 1 heterocycles. The quantitative estimate of drug-likeness (QED) is 0.795. The highest BCUT2D eigenvalue weighted by molar-refractivity contribution is 6.30. The number of alkyl halides is 3. The zero-order valence-electron chi connectivity index (χ0n) is 8.29. The molecule has 0 aliphatic heterocycles. The summed E-state index contributed by atoms with van der Waals surface area (Å²) in [5, 5.41) is 0.297. The smallest absolute Gasteiger partial charge is 0.464 e. The molecular formula is C11H6ClF3O2. The average molecular weight is 263 g/mol. The van der Waals surface area contributed by atoms with E-state index >= 15 is 0 Å². The first-order valence-electron chi connectivity index (χ1n) is 4.55. The Balaban J connectivity index is 2.45. The minimum absolute atomic E-state index is 0.153. The summed E-state index contributed by atoms with van der Waals surface area (Å²) in [6.45, 7) is 0. The summed E-state index contributed by atoms with van der Waals surface area (Å²) in [5.74, 6) is -0.0939. The summed E-state index contributed by atoms with van der Waals surface area (Å²) in [7, 11) is 0. The summed E-state index contributed by atoms with van der Waals surface area (Å²) in [5.41, 5.74) is 0.153. The molecule has 0 saturated carbocycles. The molecule has 2 nitrogen and oxygen atoms in total. The van der Waals surface area contributed by atoms with Crippen LogP contribution in [-0.4, -0.2) is 6.36 Å². The standard InChI is InChI=1S/C11H6ClF3O2/c12-7-3-4-10(17-11(13,14)15)8(6-7)9-2-1-5-16-9/h1-6H. The molecular weight excluding hydrogens is 257 g/mol. The zero-order chi connectivity index (χ0) is 12.5. The van der Waals surface area contributed by atoms with Crippen LogP contribution in [0.4, 0.5) is 13.2 Å². The predicted octanol–water partition coefficient (Wildman–Crippen LogP) is 4.50. The fraction of sp³-hybridized carbons (Fsp3) is 0.0909. The van der Waals surface area contributed by atoms with Crippen molar-refractivity contribution in [1.82, 2.24) is 0 Å². The maximum absolute atomic E-state index is 12.2. The highest BCUT2D eigenvalue weighted by Gasteiger charge is 2.32. The lowest BCUT2D eigenvalue weighted by molar-refractivity contribution is -0.274. The van der Waals surface area contributed by atoms with Gasteiger partial charge in [-0.2, -0.15) is 0 Å². The van der Waals surface area contributed by atoms with Crippen LogP contribution in [0.1, 0.15) is 0 Å². The number of furan rings is 1. The van der Waals surface area contributed by atoms with Gasteiger partial charge in [-0.25, -0.2) is 0 Å². The van der Waals surface area contributed by atoms with E-state index in [1.807, 2.05) is 0 Å². The second kappa shape index (κ2) is 4.33. The van der Waals surface area contributed by atoms with Crippen molar-refractivity contribution >= 4 is 11.6 Å². The van der Waals surface area contributed by atoms with Gasteiger partial charge in [0.1, 0.15) is 11.5 Å². The zero-order valence-corrected chi connectivity index (χ0v) is 9.05. The molecule has 1 aromatic carbocycles. The first-order chi connectivity index (χ1) is 7.96. The van der Waals surface area contributed by atoms with Crippen molar-refractivity contribution < 1.29 is 22.3 Å². The molecule has 2 aromatic rings. The Morgan fingerprint density at radius 1 is 1.18 bits per heavy atom. The molecule has 0 amide bonds. The van der Waals surface area contributed by atoms with Gasteiger partial charge >= 0.3 is 6.36 Å². The van der Waals surface area contributed by atoms with E-state index in [2.05, 4.69) is 4.74 Å². The van der Waals surface area contributed by atoms with Gasteiger partial charge in [0.05, 0.1) is 11.8 Å². The van der Waals surface area contributed by atoms with Crippen molar-refractivity contribution in [3.8, 4) is 17.1 Å². The van der Waals surface area contributed by atoms with Crippen LogP contribution in [0.2, 0.25) is 5.02 Å². The Labute approximate surface area is 99.6 Å². The number of hydrogen-bond donors (Lipinski definition) is 0. The van der Waals surface area contributed by atoms with Crippen LogP contribution in [0.5, 0.6) is 5.75 Å². The first-order valence-corrected chi connectivity index (χ1v) is 4.93. The minimum Gasteiger partial charge on any atom is -0.464 e. The van der Waals surface area contributed by atoms with Crippen molar-refractivity contribution in [3.05, 3.63) is 41.6 Å². The van der Waals surface area contributed by atoms with Gasteiger partial charge in [0.25, 0.3) is 0 Å². The second-order valence-corrected chi connectivity index (χ2v) is 3.60. The molecule has 6 heteroatoms. The summed E-state index contributed by atoms with van der Waals surface area (Å²) < 4.78 is 45.4. The third kappa shape index (κ3) is 2.94. The molecule has 2 rings (SSSR count). The van der Waals surface area contributed by atoms with Crippen LogP contribution in [0.3, 0.4) is 0 Å². The molecule has 0 spiro atoms. The molecule has 90 valence electrons. The van der Waals surface area contributed by atoms with E-state index in [0.29, 0.717) is 5.02 Å². The minimum atomic E-state index is -4.75. The number of hydrogen-bond acceptors (Lipinski definition) is 2. The van der Waals surface area contributed by atoms with Crippen molar-refractivity contribution in [1.29, 1.82) is 0 Å². The van der Waals surface area contributed by atoms with Crippen molar-refractivity contribution in [2.45, 2.75) is 6.36 Å². The van der Waals surface area contributed by atoms with Crippen LogP contribution in [-0.2, 0) is 0 Å². The molecule has 0 aliphatic rings. The summed E-state index contributed by atoms with van der Waals surface area (Å²) >= 11 is 5.73. The summed E-state index contributed by atoms with van der Waals surface area (Å²) in [6.07, 6.45) is -3.40. The Morgan fingerprint density at radius 2 is 1.94 bits per heavy atom.